The molecule has 0 atom stereocenters. The van der Waals surface area contributed by atoms with Crippen LogP contribution in [0.2, 0.25) is 5.02 Å². The lowest BCUT2D eigenvalue weighted by Crippen LogP contribution is -2.34. The minimum absolute atomic E-state index is 0.767. The first-order valence-corrected chi connectivity index (χ1v) is 7.21. The van der Waals surface area contributed by atoms with E-state index in [1.807, 2.05) is 12.1 Å². The van der Waals surface area contributed by atoms with Crippen LogP contribution >= 0.6 is 11.6 Å². The number of pyridine rings is 1. The maximum Gasteiger partial charge on any atom is 0.0558 e. The first-order valence-electron chi connectivity index (χ1n) is 6.83. The Balaban J connectivity index is 1.96. The SMILES string of the molecule is CN1CCN(C)CCN(Cc2cc(Cl)ccn2)CC1. The molecule has 1 fully saturated rings. The van der Waals surface area contributed by atoms with Crippen LogP contribution in [0, 0.1) is 0 Å². The molecule has 106 valence electrons. The van der Waals surface area contributed by atoms with Gasteiger partial charge in [-0.15, -0.1) is 0 Å². The molecular formula is C14H23ClN4. The Morgan fingerprint density at radius 3 is 2.21 bits per heavy atom. The van der Waals surface area contributed by atoms with E-state index < -0.39 is 0 Å². The molecule has 4 nitrogen and oxygen atoms in total. The molecule has 1 saturated heterocycles. The van der Waals surface area contributed by atoms with E-state index in [4.69, 9.17) is 11.6 Å². The molecule has 1 aliphatic rings. The van der Waals surface area contributed by atoms with Crippen LogP contribution in [0.4, 0.5) is 0 Å². The summed E-state index contributed by atoms with van der Waals surface area (Å²) >= 11 is 6.02. The zero-order valence-corrected chi connectivity index (χ0v) is 12.6. The van der Waals surface area contributed by atoms with Crippen molar-refractivity contribution < 1.29 is 0 Å². The minimum atomic E-state index is 0.767. The van der Waals surface area contributed by atoms with Crippen molar-refractivity contribution in [2.24, 2.45) is 0 Å². The number of likely N-dealkylation sites (N-methyl/N-ethyl adjacent to an activating group) is 2. The average Bonchev–Trinajstić information content (AvgIpc) is 2.45. The Morgan fingerprint density at radius 1 is 1.05 bits per heavy atom. The van der Waals surface area contributed by atoms with Gasteiger partial charge in [-0.25, -0.2) is 0 Å². The van der Waals surface area contributed by atoms with Gasteiger partial charge in [0.25, 0.3) is 0 Å². The third-order valence-corrected chi connectivity index (χ3v) is 3.86. The first-order chi connectivity index (χ1) is 9.13. The topological polar surface area (TPSA) is 22.6 Å². The maximum absolute atomic E-state index is 6.02. The number of hydrogen-bond donors (Lipinski definition) is 0. The monoisotopic (exact) mass is 282 g/mol. The van der Waals surface area contributed by atoms with E-state index in [-0.39, 0.29) is 0 Å². The number of nitrogens with zero attached hydrogens (tertiary/aromatic N) is 4. The molecule has 0 saturated carbocycles. The summed E-state index contributed by atoms with van der Waals surface area (Å²) in [6.45, 7) is 7.53. The normalized spacial score (nSPS) is 20.8. The van der Waals surface area contributed by atoms with E-state index in [9.17, 15) is 0 Å². The Labute approximate surface area is 121 Å². The number of halogens is 1. The standard InChI is InChI=1S/C14H23ClN4/c1-17-5-6-18(2)8-10-19(9-7-17)12-14-11-13(15)3-4-16-14/h3-4,11H,5-10,12H2,1-2H3. The molecule has 19 heavy (non-hydrogen) atoms. The summed E-state index contributed by atoms with van der Waals surface area (Å²) in [5, 5.41) is 0.767. The quantitative estimate of drug-likeness (QED) is 0.818. The van der Waals surface area contributed by atoms with Gasteiger partial charge in [0, 0.05) is 57.0 Å². The largest absolute Gasteiger partial charge is 0.304 e. The van der Waals surface area contributed by atoms with Crippen LogP contribution < -0.4 is 0 Å². The van der Waals surface area contributed by atoms with Crippen molar-refractivity contribution in [2.45, 2.75) is 6.54 Å². The number of hydrogen-bond acceptors (Lipinski definition) is 4. The Kier molecular flexibility index (Phi) is 5.58. The summed E-state index contributed by atoms with van der Waals surface area (Å²) in [6, 6.07) is 3.78. The van der Waals surface area contributed by atoms with Gasteiger partial charge in [-0.1, -0.05) is 11.6 Å². The van der Waals surface area contributed by atoms with Gasteiger partial charge in [0.1, 0.15) is 0 Å². The van der Waals surface area contributed by atoms with Crippen LogP contribution in [-0.4, -0.2) is 73.0 Å². The van der Waals surface area contributed by atoms with Gasteiger partial charge in [-0.2, -0.15) is 0 Å². The summed E-state index contributed by atoms with van der Waals surface area (Å²) in [5.74, 6) is 0. The molecule has 0 spiro atoms. The lowest BCUT2D eigenvalue weighted by molar-refractivity contribution is 0.226. The second kappa shape index (κ2) is 7.20. The van der Waals surface area contributed by atoms with Gasteiger partial charge in [-0.05, 0) is 26.2 Å². The molecule has 2 rings (SSSR count). The molecule has 1 aromatic rings. The molecule has 0 bridgehead atoms. The van der Waals surface area contributed by atoms with Gasteiger partial charge in [-0.3, -0.25) is 9.88 Å². The van der Waals surface area contributed by atoms with Gasteiger partial charge < -0.3 is 9.80 Å². The van der Waals surface area contributed by atoms with Crippen molar-refractivity contribution in [1.29, 1.82) is 0 Å². The second-order valence-corrected chi connectivity index (χ2v) is 5.78. The van der Waals surface area contributed by atoms with Crippen LogP contribution in [0.1, 0.15) is 5.69 Å². The maximum atomic E-state index is 6.02. The van der Waals surface area contributed by atoms with E-state index in [0.29, 0.717) is 0 Å². The highest BCUT2D eigenvalue weighted by Crippen LogP contribution is 2.10. The molecule has 5 heteroatoms. The summed E-state index contributed by atoms with van der Waals surface area (Å²) in [7, 11) is 4.38. The van der Waals surface area contributed by atoms with Crippen molar-refractivity contribution in [3.8, 4) is 0 Å². The molecule has 1 aromatic heterocycles. The van der Waals surface area contributed by atoms with E-state index >= 15 is 0 Å². The third-order valence-electron chi connectivity index (χ3n) is 3.62. The summed E-state index contributed by atoms with van der Waals surface area (Å²) in [5.41, 5.74) is 1.05. The van der Waals surface area contributed by atoms with Gasteiger partial charge in [0.05, 0.1) is 5.69 Å². The second-order valence-electron chi connectivity index (χ2n) is 5.35. The fourth-order valence-corrected chi connectivity index (χ4v) is 2.41. The summed E-state index contributed by atoms with van der Waals surface area (Å²) < 4.78 is 0. The molecule has 1 aliphatic heterocycles. The van der Waals surface area contributed by atoms with E-state index in [1.54, 1.807) is 6.20 Å². The molecule has 0 unspecified atom stereocenters. The molecule has 0 radical (unpaired) electrons. The van der Waals surface area contributed by atoms with E-state index in [1.165, 1.54) is 0 Å². The molecular weight excluding hydrogens is 260 g/mol. The number of aromatic nitrogens is 1. The molecule has 0 amide bonds. The summed E-state index contributed by atoms with van der Waals surface area (Å²) in [6.07, 6.45) is 1.78. The molecule has 0 aromatic carbocycles. The van der Waals surface area contributed by atoms with Crippen molar-refractivity contribution >= 4 is 11.6 Å². The average molecular weight is 283 g/mol. The number of rotatable bonds is 2. The molecule has 0 aliphatic carbocycles. The van der Waals surface area contributed by atoms with Gasteiger partial charge in [0.15, 0.2) is 0 Å². The van der Waals surface area contributed by atoms with Crippen LogP contribution in [0.25, 0.3) is 0 Å². The highest BCUT2D eigenvalue weighted by Gasteiger charge is 2.13. The van der Waals surface area contributed by atoms with Crippen molar-refractivity contribution in [3.63, 3.8) is 0 Å². The minimum Gasteiger partial charge on any atom is -0.304 e. The van der Waals surface area contributed by atoms with Gasteiger partial charge >= 0.3 is 0 Å². The fourth-order valence-electron chi connectivity index (χ4n) is 2.22. The summed E-state index contributed by atoms with van der Waals surface area (Å²) in [4.78, 5) is 11.6. The highest BCUT2D eigenvalue weighted by atomic mass is 35.5. The van der Waals surface area contributed by atoms with Crippen molar-refractivity contribution in [2.75, 3.05) is 53.4 Å². The van der Waals surface area contributed by atoms with Gasteiger partial charge in [0.2, 0.25) is 0 Å². The van der Waals surface area contributed by atoms with Crippen molar-refractivity contribution in [3.05, 3.63) is 29.0 Å². The van der Waals surface area contributed by atoms with Crippen LogP contribution in [-0.2, 0) is 6.54 Å². The van der Waals surface area contributed by atoms with E-state index in [0.717, 1.165) is 56.5 Å². The lowest BCUT2D eigenvalue weighted by atomic mass is 10.3. The zero-order valence-electron chi connectivity index (χ0n) is 11.8. The Bertz CT molecular complexity index is 385. The highest BCUT2D eigenvalue weighted by molar-refractivity contribution is 6.30. The Morgan fingerprint density at radius 2 is 1.63 bits per heavy atom. The third kappa shape index (κ3) is 5.07. The predicted molar refractivity (Wildman–Crippen MR) is 79.5 cm³/mol. The fraction of sp³-hybridized carbons (Fsp3) is 0.643. The van der Waals surface area contributed by atoms with E-state index in [2.05, 4.69) is 33.8 Å². The predicted octanol–water partition coefficient (Wildman–Crippen LogP) is 1.41. The zero-order chi connectivity index (χ0) is 13.7. The molecule has 0 N–H and O–H groups in total. The van der Waals surface area contributed by atoms with Crippen molar-refractivity contribution in [1.82, 2.24) is 19.7 Å². The Hall–Kier alpha value is -0.680. The van der Waals surface area contributed by atoms with Crippen LogP contribution in [0.15, 0.2) is 18.3 Å². The first kappa shape index (κ1) is 14.7. The smallest absolute Gasteiger partial charge is 0.0558 e. The lowest BCUT2D eigenvalue weighted by Gasteiger charge is -2.23. The molecule has 2 heterocycles. The van der Waals surface area contributed by atoms with Crippen LogP contribution in [0.5, 0.6) is 0 Å². The van der Waals surface area contributed by atoms with Crippen LogP contribution in [0.3, 0.4) is 0 Å².